The SMILES string of the molecule is COC(=O)/C(=C\c1cc(OC)c(CC=C(C)C)c(O)c1C(=O)OC)c1ccccc1. The Balaban J connectivity index is 2.80. The molecule has 0 spiro atoms. The summed E-state index contributed by atoms with van der Waals surface area (Å²) in [5.74, 6) is -1.16. The van der Waals surface area contributed by atoms with Crippen LogP contribution in [0.4, 0.5) is 0 Å². The van der Waals surface area contributed by atoms with Gasteiger partial charge in [-0.05, 0) is 43.5 Å². The third kappa shape index (κ3) is 5.08. The molecule has 2 aromatic carbocycles. The van der Waals surface area contributed by atoms with E-state index in [2.05, 4.69) is 0 Å². The Bertz CT molecular complexity index is 983. The normalized spacial score (nSPS) is 10.9. The number of benzene rings is 2. The zero-order chi connectivity index (χ0) is 22.3. The fraction of sp³-hybridized carbons (Fsp3) is 0.250. The van der Waals surface area contributed by atoms with Crippen LogP contribution < -0.4 is 4.74 Å². The van der Waals surface area contributed by atoms with Gasteiger partial charge in [-0.25, -0.2) is 9.59 Å². The summed E-state index contributed by atoms with van der Waals surface area (Å²) in [5, 5.41) is 10.9. The van der Waals surface area contributed by atoms with Crippen LogP contribution in [-0.2, 0) is 20.7 Å². The summed E-state index contributed by atoms with van der Waals surface area (Å²) in [6.07, 6.45) is 3.77. The van der Waals surface area contributed by atoms with Gasteiger partial charge in [0.25, 0.3) is 0 Å². The molecule has 30 heavy (non-hydrogen) atoms. The number of phenolic OH excluding ortho intramolecular Hbond substituents is 1. The van der Waals surface area contributed by atoms with Gasteiger partial charge < -0.3 is 19.3 Å². The molecule has 0 aromatic heterocycles. The predicted molar refractivity (Wildman–Crippen MR) is 115 cm³/mol. The van der Waals surface area contributed by atoms with Crippen LogP contribution >= 0.6 is 0 Å². The van der Waals surface area contributed by atoms with Gasteiger partial charge >= 0.3 is 11.9 Å². The largest absolute Gasteiger partial charge is 0.507 e. The van der Waals surface area contributed by atoms with E-state index in [9.17, 15) is 14.7 Å². The fourth-order valence-electron chi connectivity index (χ4n) is 2.96. The Morgan fingerprint density at radius 3 is 2.23 bits per heavy atom. The van der Waals surface area contributed by atoms with E-state index in [1.165, 1.54) is 27.4 Å². The van der Waals surface area contributed by atoms with E-state index in [-0.39, 0.29) is 22.4 Å². The van der Waals surface area contributed by atoms with Crippen molar-refractivity contribution in [3.63, 3.8) is 0 Å². The Kier molecular flexibility index (Phi) is 7.81. The molecule has 0 bridgehead atoms. The van der Waals surface area contributed by atoms with Crippen molar-refractivity contribution in [3.8, 4) is 11.5 Å². The van der Waals surface area contributed by atoms with Gasteiger partial charge in [0, 0.05) is 5.56 Å². The lowest BCUT2D eigenvalue weighted by Gasteiger charge is -2.16. The van der Waals surface area contributed by atoms with E-state index in [0.717, 1.165) is 5.57 Å². The van der Waals surface area contributed by atoms with Crippen molar-refractivity contribution < 1.29 is 28.9 Å². The van der Waals surface area contributed by atoms with Crippen LogP contribution in [0.5, 0.6) is 11.5 Å². The highest BCUT2D eigenvalue weighted by Crippen LogP contribution is 2.37. The van der Waals surface area contributed by atoms with Crippen molar-refractivity contribution >= 4 is 23.6 Å². The third-order valence-electron chi connectivity index (χ3n) is 4.51. The Morgan fingerprint density at radius 1 is 1.03 bits per heavy atom. The zero-order valence-corrected chi connectivity index (χ0v) is 17.8. The minimum atomic E-state index is -0.725. The lowest BCUT2D eigenvalue weighted by Crippen LogP contribution is -2.09. The molecule has 0 aliphatic rings. The van der Waals surface area contributed by atoms with Crippen molar-refractivity contribution in [2.24, 2.45) is 0 Å². The van der Waals surface area contributed by atoms with Crippen LogP contribution in [0.2, 0.25) is 0 Å². The summed E-state index contributed by atoms with van der Waals surface area (Å²) in [5.41, 5.74) is 2.57. The first kappa shape index (κ1) is 22.7. The zero-order valence-electron chi connectivity index (χ0n) is 17.8. The molecule has 0 saturated carbocycles. The summed E-state index contributed by atoms with van der Waals surface area (Å²) in [7, 11) is 3.99. The number of methoxy groups -OCH3 is 3. The Hall–Kier alpha value is -3.54. The summed E-state index contributed by atoms with van der Waals surface area (Å²) in [6.45, 7) is 3.87. The van der Waals surface area contributed by atoms with Gasteiger partial charge in [0.05, 0.1) is 26.9 Å². The van der Waals surface area contributed by atoms with E-state index in [1.807, 2.05) is 26.0 Å². The summed E-state index contributed by atoms with van der Waals surface area (Å²) >= 11 is 0. The number of phenols is 1. The number of ether oxygens (including phenoxy) is 3. The van der Waals surface area contributed by atoms with E-state index in [0.29, 0.717) is 23.3 Å². The first-order valence-electron chi connectivity index (χ1n) is 9.33. The van der Waals surface area contributed by atoms with Crippen LogP contribution in [0.15, 0.2) is 48.0 Å². The van der Waals surface area contributed by atoms with Crippen molar-refractivity contribution in [1.29, 1.82) is 0 Å². The highest BCUT2D eigenvalue weighted by Gasteiger charge is 2.24. The highest BCUT2D eigenvalue weighted by atomic mass is 16.5. The van der Waals surface area contributed by atoms with Gasteiger partial charge in [-0.3, -0.25) is 0 Å². The third-order valence-corrected chi connectivity index (χ3v) is 4.51. The van der Waals surface area contributed by atoms with Crippen molar-refractivity contribution in [2.75, 3.05) is 21.3 Å². The summed E-state index contributed by atoms with van der Waals surface area (Å²) < 4.78 is 15.3. The number of hydrogen-bond donors (Lipinski definition) is 1. The Morgan fingerprint density at radius 2 is 1.70 bits per heavy atom. The fourth-order valence-corrected chi connectivity index (χ4v) is 2.96. The number of rotatable bonds is 7. The lowest BCUT2D eigenvalue weighted by atomic mass is 9.95. The number of allylic oxidation sites excluding steroid dienone is 2. The molecule has 0 aliphatic carbocycles. The monoisotopic (exact) mass is 410 g/mol. The van der Waals surface area contributed by atoms with Gasteiger partial charge in [-0.15, -0.1) is 0 Å². The lowest BCUT2D eigenvalue weighted by molar-refractivity contribution is -0.133. The quantitative estimate of drug-likeness (QED) is 0.315. The number of hydrogen-bond acceptors (Lipinski definition) is 6. The maximum atomic E-state index is 12.5. The van der Waals surface area contributed by atoms with Gasteiger partial charge in [-0.2, -0.15) is 0 Å². The molecule has 0 atom stereocenters. The molecule has 6 heteroatoms. The van der Waals surface area contributed by atoms with Gasteiger partial charge in [0.1, 0.15) is 17.1 Å². The molecule has 0 radical (unpaired) electrons. The first-order valence-corrected chi connectivity index (χ1v) is 9.33. The van der Waals surface area contributed by atoms with E-state index >= 15 is 0 Å². The van der Waals surface area contributed by atoms with Crippen molar-refractivity contribution in [1.82, 2.24) is 0 Å². The molecule has 6 nitrogen and oxygen atoms in total. The highest BCUT2D eigenvalue weighted by molar-refractivity contribution is 6.22. The van der Waals surface area contributed by atoms with Crippen LogP contribution in [0.25, 0.3) is 11.6 Å². The van der Waals surface area contributed by atoms with E-state index in [1.54, 1.807) is 30.3 Å². The molecule has 0 amide bonds. The molecule has 1 N–H and O–H groups in total. The van der Waals surface area contributed by atoms with Gasteiger partial charge in [-0.1, -0.05) is 42.0 Å². The number of carbonyl (C=O) groups excluding carboxylic acids is 2. The summed E-state index contributed by atoms with van der Waals surface area (Å²) in [4.78, 5) is 25.0. The minimum Gasteiger partial charge on any atom is -0.507 e. The molecular formula is C24H26O6. The molecule has 0 unspecified atom stereocenters. The smallest absolute Gasteiger partial charge is 0.342 e. The average Bonchev–Trinajstić information content (AvgIpc) is 2.75. The summed E-state index contributed by atoms with van der Waals surface area (Å²) in [6, 6.07) is 10.5. The molecule has 158 valence electrons. The standard InChI is InChI=1S/C24H26O6/c1-15(2)11-12-18-20(28-3)14-17(21(22(18)25)24(27)30-5)13-19(23(26)29-4)16-9-7-6-8-10-16/h6-11,13-14,25H,12H2,1-5H3/b19-13-. The molecule has 2 aromatic rings. The maximum Gasteiger partial charge on any atom is 0.342 e. The second-order valence-corrected chi connectivity index (χ2v) is 6.76. The second-order valence-electron chi connectivity index (χ2n) is 6.76. The van der Waals surface area contributed by atoms with Crippen molar-refractivity contribution in [2.45, 2.75) is 20.3 Å². The molecule has 0 aliphatic heterocycles. The van der Waals surface area contributed by atoms with Crippen LogP contribution in [-0.4, -0.2) is 38.4 Å². The first-order chi connectivity index (χ1) is 14.3. The molecule has 2 rings (SSSR count). The molecule has 0 heterocycles. The molecule has 0 fully saturated rings. The number of carbonyl (C=O) groups is 2. The van der Waals surface area contributed by atoms with Crippen LogP contribution in [0.1, 0.15) is 40.9 Å². The van der Waals surface area contributed by atoms with E-state index < -0.39 is 11.9 Å². The van der Waals surface area contributed by atoms with Crippen molar-refractivity contribution in [3.05, 3.63) is 70.3 Å². The molecular weight excluding hydrogens is 384 g/mol. The van der Waals surface area contributed by atoms with Crippen LogP contribution in [0.3, 0.4) is 0 Å². The number of aromatic hydroxyl groups is 1. The van der Waals surface area contributed by atoms with Gasteiger partial charge in [0.15, 0.2) is 0 Å². The second kappa shape index (κ2) is 10.3. The predicted octanol–water partition coefficient (Wildman–Crippen LogP) is 4.41. The van der Waals surface area contributed by atoms with Gasteiger partial charge in [0.2, 0.25) is 0 Å². The average molecular weight is 410 g/mol. The molecule has 0 saturated heterocycles. The number of esters is 2. The van der Waals surface area contributed by atoms with E-state index in [4.69, 9.17) is 14.2 Å². The minimum absolute atomic E-state index is 0.0483. The Labute approximate surface area is 176 Å². The van der Waals surface area contributed by atoms with Crippen LogP contribution in [0, 0.1) is 0 Å². The topological polar surface area (TPSA) is 82.1 Å². The maximum absolute atomic E-state index is 12.5.